The Morgan fingerprint density at radius 3 is 2.55 bits per heavy atom. The van der Waals surface area contributed by atoms with Crippen LogP contribution in [0.2, 0.25) is 0 Å². The highest BCUT2D eigenvalue weighted by Crippen LogP contribution is 2.38. The van der Waals surface area contributed by atoms with Gasteiger partial charge in [-0.15, -0.1) is 0 Å². The van der Waals surface area contributed by atoms with Crippen molar-refractivity contribution in [2.75, 3.05) is 12.4 Å². The standard InChI is InChI=1S/C20H17NO/c1-21-18-10-8-16-17(9-11-19(16)22)20(18)15-7-6-13-4-2-3-5-14(13)12-15/h2-8,10,12,21H,9,11H2,1H3. The third-order valence-corrected chi connectivity index (χ3v) is 4.52. The van der Waals surface area contributed by atoms with Gasteiger partial charge in [0.2, 0.25) is 0 Å². The summed E-state index contributed by atoms with van der Waals surface area (Å²) >= 11 is 0. The molecule has 0 atom stereocenters. The van der Waals surface area contributed by atoms with Crippen LogP contribution in [0, 0.1) is 0 Å². The lowest BCUT2D eigenvalue weighted by Gasteiger charge is -2.15. The van der Waals surface area contributed by atoms with Crippen molar-refractivity contribution in [1.29, 1.82) is 0 Å². The summed E-state index contributed by atoms with van der Waals surface area (Å²) in [6.45, 7) is 0. The molecule has 0 unspecified atom stereocenters. The van der Waals surface area contributed by atoms with E-state index in [1.165, 1.54) is 27.5 Å². The molecule has 0 aromatic heterocycles. The normalized spacial score (nSPS) is 13.4. The third-order valence-electron chi connectivity index (χ3n) is 4.52. The summed E-state index contributed by atoms with van der Waals surface area (Å²) in [7, 11) is 1.93. The van der Waals surface area contributed by atoms with Crippen LogP contribution in [0.4, 0.5) is 5.69 Å². The van der Waals surface area contributed by atoms with Gasteiger partial charge in [0.15, 0.2) is 5.78 Å². The SMILES string of the molecule is CNc1ccc2c(c1-c1ccc3ccccc3c1)CCC2=O. The molecule has 22 heavy (non-hydrogen) atoms. The van der Waals surface area contributed by atoms with Crippen molar-refractivity contribution in [2.45, 2.75) is 12.8 Å². The fraction of sp³-hybridized carbons (Fsp3) is 0.150. The van der Waals surface area contributed by atoms with Crippen molar-refractivity contribution in [1.82, 2.24) is 0 Å². The molecule has 0 spiro atoms. The zero-order chi connectivity index (χ0) is 15.1. The third kappa shape index (κ3) is 1.92. The maximum atomic E-state index is 12.0. The number of anilines is 1. The maximum Gasteiger partial charge on any atom is 0.163 e. The van der Waals surface area contributed by atoms with Crippen molar-refractivity contribution in [3.63, 3.8) is 0 Å². The molecule has 1 N–H and O–H groups in total. The van der Waals surface area contributed by atoms with Crippen LogP contribution in [-0.2, 0) is 6.42 Å². The zero-order valence-corrected chi connectivity index (χ0v) is 12.5. The van der Waals surface area contributed by atoms with E-state index in [2.05, 4.69) is 47.8 Å². The Morgan fingerprint density at radius 2 is 1.73 bits per heavy atom. The second kappa shape index (κ2) is 4.99. The molecular formula is C20H17NO. The number of benzene rings is 3. The van der Waals surface area contributed by atoms with Gasteiger partial charge in [0.1, 0.15) is 0 Å². The van der Waals surface area contributed by atoms with E-state index in [9.17, 15) is 4.79 Å². The lowest BCUT2D eigenvalue weighted by atomic mass is 9.93. The van der Waals surface area contributed by atoms with E-state index < -0.39 is 0 Å². The van der Waals surface area contributed by atoms with E-state index in [4.69, 9.17) is 0 Å². The minimum absolute atomic E-state index is 0.264. The number of ketones is 1. The number of carbonyl (C=O) groups is 1. The highest BCUT2D eigenvalue weighted by molar-refractivity contribution is 6.04. The van der Waals surface area contributed by atoms with Crippen molar-refractivity contribution < 1.29 is 4.79 Å². The molecule has 0 heterocycles. The van der Waals surface area contributed by atoms with Crippen LogP contribution < -0.4 is 5.32 Å². The number of Topliss-reactive ketones (excluding diaryl/α,β-unsaturated/α-hetero) is 1. The van der Waals surface area contributed by atoms with E-state index in [-0.39, 0.29) is 5.78 Å². The van der Waals surface area contributed by atoms with Gasteiger partial charge >= 0.3 is 0 Å². The fourth-order valence-corrected chi connectivity index (χ4v) is 3.42. The van der Waals surface area contributed by atoms with Gasteiger partial charge in [-0.05, 0) is 46.5 Å². The average Bonchev–Trinajstić information content (AvgIpc) is 2.95. The Kier molecular flexibility index (Phi) is 2.97. The Hall–Kier alpha value is -2.61. The predicted molar refractivity (Wildman–Crippen MR) is 91.6 cm³/mol. The molecular weight excluding hydrogens is 270 g/mol. The van der Waals surface area contributed by atoms with Gasteiger partial charge < -0.3 is 5.32 Å². The van der Waals surface area contributed by atoms with E-state index >= 15 is 0 Å². The molecule has 4 rings (SSSR count). The first kappa shape index (κ1) is 13.1. The molecule has 3 aromatic carbocycles. The van der Waals surface area contributed by atoms with Gasteiger partial charge in [-0.3, -0.25) is 4.79 Å². The van der Waals surface area contributed by atoms with E-state index in [0.29, 0.717) is 6.42 Å². The maximum absolute atomic E-state index is 12.0. The summed E-state index contributed by atoms with van der Waals surface area (Å²) in [6.07, 6.45) is 1.47. The van der Waals surface area contributed by atoms with Crippen LogP contribution in [0.25, 0.3) is 21.9 Å². The fourth-order valence-electron chi connectivity index (χ4n) is 3.42. The summed E-state index contributed by atoms with van der Waals surface area (Å²) in [4.78, 5) is 12.0. The molecule has 1 aliphatic carbocycles. The van der Waals surface area contributed by atoms with Gasteiger partial charge in [-0.2, -0.15) is 0 Å². The minimum atomic E-state index is 0.264. The van der Waals surface area contributed by atoms with Crippen LogP contribution >= 0.6 is 0 Å². The lowest BCUT2D eigenvalue weighted by Crippen LogP contribution is -1.98. The first-order valence-corrected chi connectivity index (χ1v) is 7.64. The second-order valence-electron chi connectivity index (χ2n) is 5.75. The molecule has 0 aliphatic heterocycles. The number of nitrogens with one attached hydrogen (secondary N) is 1. The van der Waals surface area contributed by atoms with Gasteiger partial charge in [-0.1, -0.05) is 36.4 Å². The van der Waals surface area contributed by atoms with Crippen LogP contribution in [0.1, 0.15) is 22.3 Å². The van der Waals surface area contributed by atoms with Crippen molar-refractivity contribution >= 4 is 22.2 Å². The topological polar surface area (TPSA) is 29.1 Å². The summed E-state index contributed by atoms with van der Waals surface area (Å²) in [6, 6.07) is 18.9. The quantitative estimate of drug-likeness (QED) is 0.741. The van der Waals surface area contributed by atoms with Crippen LogP contribution in [0.15, 0.2) is 54.6 Å². The average molecular weight is 287 g/mol. The number of carbonyl (C=O) groups excluding carboxylic acids is 1. The molecule has 0 saturated carbocycles. The Balaban J connectivity index is 1.99. The Morgan fingerprint density at radius 1 is 0.909 bits per heavy atom. The molecule has 0 amide bonds. The summed E-state index contributed by atoms with van der Waals surface area (Å²) < 4.78 is 0. The Labute approximate surface area is 129 Å². The van der Waals surface area contributed by atoms with Crippen LogP contribution in [0.3, 0.4) is 0 Å². The summed E-state index contributed by atoms with van der Waals surface area (Å²) in [5, 5.41) is 5.74. The first-order valence-electron chi connectivity index (χ1n) is 7.64. The molecule has 0 fully saturated rings. The predicted octanol–water partition coefficient (Wildman–Crippen LogP) is 4.68. The van der Waals surface area contributed by atoms with Crippen LogP contribution in [-0.4, -0.2) is 12.8 Å². The van der Waals surface area contributed by atoms with E-state index in [0.717, 1.165) is 17.7 Å². The van der Waals surface area contributed by atoms with Gasteiger partial charge in [-0.25, -0.2) is 0 Å². The molecule has 0 radical (unpaired) electrons. The molecule has 1 aliphatic rings. The van der Waals surface area contributed by atoms with Gasteiger partial charge in [0, 0.05) is 30.3 Å². The molecule has 0 bridgehead atoms. The first-order chi connectivity index (χ1) is 10.8. The molecule has 3 aromatic rings. The molecule has 108 valence electrons. The zero-order valence-electron chi connectivity index (χ0n) is 12.5. The number of fused-ring (bicyclic) bond motifs is 2. The lowest BCUT2D eigenvalue weighted by molar-refractivity contribution is 0.0994. The largest absolute Gasteiger partial charge is 0.388 e. The molecule has 2 heteroatoms. The van der Waals surface area contributed by atoms with Crippen molar-refractivity contribution in [3.05, 3.63) is 65.7 Å². The second-order valence-corrected chi connectivity index (χ2v) is 5.75. The number of hydrogen-bond donors (Lipinski definition) is 1. The highest BCUT2D eigenvalue weighted by Gasteiger charge is 2.24. The smallest absolute Gasteiger partial charge is 0.163 e. The monoisotopic (exact) mass is 287 g/mol. The summed E-state index contributed by atoms with van der Waals surface area (Å²) in [5.74, 6) is 0.264. The van der Waals surface area contributed by atoms with Crippen molar-refractivity contribution in [3.8, 4) is 11.1 Å². The Bertz CT molecular complexity index is 895. The number of rotatable bonds is 2. The molecule has 2 nitrogen and oxygen atoms in total. The minimum Gasteiger partial charge on any atom is -0.388 e. The van der Waals surface area contributed by atoms with Crippen molar-refractivity contribution in [2.24, 2.45) is 0 Å². The molecule has 0 saturated heterocycles. The van der Waals surface area contributed by atoms with Crippen LogP contribution in [0.5, 0.6) is 0 Å². The van der Waals surface area contributed by atoms with E-state index in [1.807, 2.05) is 19.2 Å². The van der Waals surface area contributed by atoms with Gasteiger partial charge in [0.05, 0.1) is 0 Å². The highest BCUT2D eigenvalue weighted by atomic mass is 16.1. The number of hydrogen-bond acceptors (Lipinski definition) is 2. The van der Waals surface area contributed by atoms with E-state index in [1.54, 1.807) is 0 Å². The summed E-state index contributed by atoms with van der Waals surface area (Å²) in [5.41, 5.74) is 5.52. The van der Waals surface area contributed by atoms with Gasteiger partial charge in [0.25, 0.3) is 0 Å².